The van der Waals surface area contributed by atoms with Crippen molar-refractivity contribution in [2.24, 2.45) is 5.84 Å². The van der Waals surface area contributed by atoms with Gasteiger partial charge in [-0.2, -0.15) is 0 Å². The van der Waals surface area contributed by atoms with Gasteiger partial charge in [-0.05, 0) is 13.0 Å². The molecule has 0 unspecified atom stereocenters. The van der Waals surface area contributed by atoms with Crippen LogP contribution in [-0.2, 0) is 0 Å². The fraction of sp³-hybridized carbons (Fsp3) is 0.385. The third kappa shape index (κ3) is 2.70. The molecule has 2 aromatic rings. The van der Waals surface area contributed by atoms with Crippen LogP contribution in [0.4, 0.5) is 17.6 Å². The topological polar surface area (TPSA) is 96.1 Å². The lowest BCUT2D eigenvalue weighted by Crippen LogP contribution is -2.47. The van der Waals surface area contributed by atoms with E-state index in [4.69, 9.17) is 5.84 Å². The van der Waals surface area contributed by atoms with Crippen LogP contribution in [0.15, 0.2) is 24.8 Å². The molecule has 1 fully saturated rings. The first-order valence-electron chi connectivity index (χ1n) is 6.84. The normalized spacial score (nSPS) is 15.1. The standard InChI is InChI=1S/C13H18N8/c1-10-11(19-14)17-9-18-12(10)20-5-7-21(8-6-20)13-15-3-2-4-16-13/h2-4,9H,5-8,14H2,1H3,(H,17,18,19). The second-order valence-corrected chi connectivity index (χ2v) is 4.84. The summed E-state index contributed by atoms with van der Waals surface area (Å²) in [6.45, 7) is 5.41. The van der Waals surface area contributed by atoms with Crippen molar-refractivity contribution in [1.29, 1.82) is 0 Å². The Morgan fingerprint density at radius 3 is 2.33 bits per heavy atom. The first kappa shape index (κ1) is 13.5. The summed E-state index contributed by atoms with van der Waals surface area (Å²) in [5.41, 5.74) is 3.56. The van der Waals surface area contributed by atoms with Crippen LogP contribution in [0.1, 0.15) is 5.56 Å². The Morgan fingerprint density at radius 2 is 1.67 bits per heavy atom. The van der Waals surface area contributed by atoms with E-state index >= 15 is 0 Å². The summed E-state index contributed by atoms with van der Waals surface area (Å²) in [6, 6.07) is 1.82. The van der Waals surface area contributed by atoms with E-state index in [-0.39, 0.29) is 0 Å². The van der Waals surface area contributed by atoms with Gasteiger partial charge in [-0.3, -0.25) is 0 Å². The zero-order chi connectivity index (χ0) is 14.7. The van der Waals surface area contributed by atoms with Gasteiger partial charge in [0, 0.05) is 44.1 Å². The van der Waals surface area contributed by atoms with Crippen LogP contribution in [0.3, 0.4) is 0 Å². The fourth-order valence-electron chi connectivity index (χ4n) is 2.48. The van der Waals surface area contributed by atoms with Gasteiger partial charge in [-0.1, -0.05) is 0 Å². The summed E-state index contributed by atoms with van der Waals surface area (Å²) in [5, 5.41) is 0. The minimum Gasteiger partial charge on any atom is -0.353 e. The van der Waals surface area contributed by atoms with Crippen LogP contribution >= 0.6 is 0 Å². The highest BCUT2D eigenvalue weighted by Gasteiger charge is 2.21. The minimum atomic E-state index is 0.661. The minimum absolute atomic E-state index is 0.661. The molecule has 1 saturated heterocycles. The Balaban J connectivity index is 1.72. The Kier molecular flexibility index (Phi) is 3.78. The Bertz CT molecular complexity index is 594. The number of nitrogens with one attached hydrogen (secondary N) is 1. The number of piperazine rings is 1. The second-order valence-electron chi connectivity index (χ2n) is 4.84. The monoisotopic (exact) mass is 286 g/mol. The molecule has 0 radical (unpaired) electrons. The summed E-state index contributed by atoms with van der Waals surface area (Å²) in [6.07, 6.45) is 5.06. The van der Waals surface area contributed by atoms with Crippen molar-refractivity contribution >= 4 is 17.6 Å². The molecule has 0 saturated carbocycles. The van der Waals surface area contributed by atoms with E-state index in [1.807, 2.05) is 13.0 Å². The number of nitrogens with zero attached hydrogens (tertiary/aromatic N) is 6. The molecular formula is C13H18N8. The second kappa shape index (κ2) is 5.88. The number of hydrogen-bond acceptors (Lipinski definition) is 8. The summed E-state index contributed by atoms with van der Waals surface area (Å²) in [4.78, 5) is 21.5. The average molecular weight is 286 g/mol. The summed E-state index contributed by atoms with van der Waals surface area (Å²) >= 11 is 0. The summed E-state index contributed by atoms with van der Waals surface area (Å²) in [7, 11) is 0. The molecule has 0 amide bonds. The zero-order valence-corrected chi connectivity index (χ0v) is 11.9. The summed E-state index contributed by atoms with van der Waals surface area (Å²) in [5.74, 6) is 7.83. The quantitative estimate of drug-likeness (QED) is 0.609. The van der Waals surface area contributed by atoms with Gasteiger partial charge in [0.15, 0.2) is 0 Å². The molecule has 0 bridgehead atoms. The van der Waals surface area contributed by atoms with Crippen molar-refractivity contribution in [2.45, 2.75) is 6.92 Å². The molecule has 0 spiro atoms. The van der Waals surface area contributed by atoms with Gasteiger partial charge >= 0.3 is 0 Å². The van der Waals surface area contributed by atoms with Crippen molar-refractivity contribution in [3.63, 3.8) is 0 Å². The van der Waals surface area contributed by atoms with Gasteiger partial charge < -0.3 is 15.2 Å². The van der Waals surface area contributed by atoms with E-state index in [0.29, 0.717) is 5.82 Å². The Morgan fingerprint density at radius 1 is 1.00 bits per heavy atom. The van der Waals surface area contributed by atoms with Gasteiger partial charge in [-0.15, -0.1) is 0 Å². The number of hydrogen-bond donors (Lipinski definition) is 2. The predicted molar refractivity (Wildman–Crippen MR) is 81.0 cm³/mol. The third-order valence-electron chi connectivity index (χ3n) is 3.61. The molecule has 0 aromatic carbocycles. The lowest BCUT2D eigenvalue weighted by Gasteiger charge is -2.36. The third-order valence-corrected chi connectivity index (χ3v) is 3.61. The van der Waals surface area contributed by atoms with Crippen molar-refractivity contribution in [3.8, 4) is 0 Å². The van der Waals surface area contributed by atoms with Crippen molar-refractivity contribution < 1.29 is 0 Å². The molecular weight excluding hydrogens is 268 g/mol. The van der Waals surface area contributed by atoms with Crippen molar-refractivity contribution in [3.05, 3.63) is 30.4 Å². The van der Waals surface area contributed by atoms with Crippen LogP contribution in [0, 0.1) is 6.92 Å². The number of anilines is 3. The van der Waals surface area contributed by atoms with Crippen LogP contribution in [-0.4, -0.2) is 46.1 Å². The number of rotatable bonds is 3. The van der Waals surface area contributed by atoms with E-state index in [2.05, 4.69) is 35.2 Å². The SMILES string of the molecule is Cc1c(NN)ncnc1N1CCN(c2ncccn2)CC1. The van der Waals surface area contributed by atoms with E-state index < -0.39 is 0 Å². The lowest BCUT2D eigenvalue weighted by atomic mass is 10.2. The molecule has 2 aromatic heterocycles. The van der Waals surface area contributed by atoms with E-state index in [9.17, 15) is 0 Å². The maximum absolute atomic E-state index is 5.46. The predicted octanol–water partition coefficient (Wildman–Crippen LogP) is 0.187. The lowest BCUT2D eigenvalue weighted by molar-refractivity contribution is 0.632. The van der Waals surface area contributed by atoms with Crippen LogP contribution in [0.2, 0.25) is 0 Å². The molecule has 0 atom stereocenters. The maximum atomic E-state index is 5.46. The fourth-order valence-corrected chi connectivity index (χ4v) is 2.48. The highest BCUT2D eigenvalue weighted by atomic mass is 15.3. The highest BCUT2D eigenvalue weighted by Crippen LogP contribution is 2.23. The first-order chi connectivity index (χ1) is 10.3. The molecule has 8 nitrogen and oxygen atoms in total. The molecule has 3 heterocycles. The van der Waals surface area contributed by atoms with Crippen molar-refractivity contribution in [1.82, 2.24) is 19.9 Å². The van der Waals surface area contributed by atoms with Gasteiger partial charge in [0.25, 0.3) is 0 Å². The number of nitrogen functional groups attached to an aromatic ring is 1. The summed E-state index contributed by atoms with van der Waals surface area (Å²) < 4.78 is 0. The maximum Gasteiger partial charge on any atom is 0.225 e. The molecule has 8 heteroatoms. The van der Waals surface area contributed by atoms with Gasteiger partial charge in [0.1, 0.15) is 18.0 Å². The van der Waals surface area contributed by atoms with Crippen molar-refractivity contribution in [2.75, 3.05) is 41.4 Å². The molecule has 110 valence electrons. The molecule has 1 aliphatic heterocycles. The number of nitrogens with two attached hydrogens (primary N) is 1. The van der Waals surface area contributed by atoms with E-state index in [1.54, 1.807) is 12.4 Å². The largest absolute Gasteiger partial charge is 0.353 e. The Labute approximate surface area is 123 Å². The van der Waals surface area contributed by atoms with Crippen LogP contribution in [0.5, 0.6) is 0 Å². The molecule has 3 rings (SSSR count). The van der Waals surface area contributed by atoms with Crippen LogP contribution in [0.25, 0.3) is 0 Å². The van der Waals surface area contributed by atoms with E-state index in [0.717, 1.165) is 43.5 Å². The van der Waals surface area contributed by atoms with Gasteiger partial charge in [-0.25, -0.2) is 25.8 Å². The Hall–Kier alpha value is -2.48. The van der Waals surface area contributed by atoms with Crippen LogP contribution < -0.4 is 21.1 Å². The molecule has 3 N–H and O–H groups in total. The smallest absolute Gasteiger partial charge is 0.225 e. The number of aromatic nitrogens is 4. The molecule has 21 heavy (non-hydrogen) atoms. The molecule has 0 aliphatic carbocycles. The first-order valence-corrected chi connectivity index (χ1v) is 6.84. The van der Waals surface area contributed by atoms with Gasteiger partial charge in [0.05, 0.1) is 0 Å². The zero-order valence-electron chi connectivity index (χ0n) is 11.9. The van der Waals surface area contributed by atoms with E-state index in [1.165, 1.54) is 6.33 Å². The van der Waals surface area contributed by atoms with Gasteiger partial charge in [0.2, 0.25) is 5.95 Å². The highest BCUT2D eigenvalue weighted by molar-refractivity contribution is 5.58. The number of hydrazine groups is 1. The molecule has 1 aliphatic rings. The average Bonchev–Trinajstić information content (AvgIpc) is 2.56.